The Bertz CT molecular complexity index is 1150. The van der Waals surface area contributed by atoms with Crippen LogP contribution in [0.5, 0.6) is 0 Å². The van der Waals surface area contributed by atoms with Gasteiger partial charge in [0.15, 0.2) is 5.13 Å². The molecule has 0 atom stereocenters. The number of para-hydroxylation sites is 1. The predicted molar refractivity (Wildman–Crippen MR) is 114 cm³/mol. The summed E-state index contributed by atoms with van der Waals surface area (Å²) in [6.07, 6.45) is 3.11. The van der Waals surface area contributed by atoms with Gasteiger partial charge in [-0.25, -0.2) is 19.3 Å². The number of thiazole rings is 1. The molecule has 10 heteroatoms. The molecule has 0 saturated heterocycles. The lowest BCUT2D eigenvalue weighted by atomic mass is 10.3. The Labute approximate surface area is 175 Å². The van der Waals surface area contributed by atoms with Gasteiger partial charge in [-0.15, -0.1) is 11.3 Å². The van der Waals surface area contributed by atoms with Crippen LogP contribution in [-0.2, 0) is 11.2 Å². The van der Waals surface area contributed by atoms with E-state index in [0.717, 1.165) is 10.6 Å². The average molecular weight is 421 g/mol. The van der Waals surface area contributed by atoms with E-state index in [1.807, 2.05) is 30.3 Å². The highest BCUT2D eigenvalue weighted by Gasteiger charge is 2.10. The van der Waals surface area contributed by atoms with Crippen molar-refractivity contribution in [1.29, 1.82) is 0 Å². The molecular formula is C20H16FN7OS. The number of halogens is 1. The number of carbonyl (C=O) groups is 1. The van der Waals surface area contributed by atoms with Gasteiger partial charge >= 0.3 is 0 Å². The molecular weight excluding hydrogens is 405 g/mol. The maximum absolute atomic E-state index is 13.2. The first kappa shape index (κ1) is 19.4. The number of rotatable bonds is 7. The highest BCUT2D eigenvalue weighted by atomic mass is 32.1. The summed E-state index contributed by atoms with van der Waals surface area (Å²) in [4.78, 5) is 29.6. The third kappa shape index (κ3) is 5.32. The van der Waals surface area contributed by atoms with Crippen LogP contribution < -0.4 is 16.0 Å². The maximum atomic E-state index is 13.2. The predicted octanol–water partition coefficient (Wildman–Crippen LogP) is 4.14. The highest BCUT2D eigenvalue weighted by molar-refractivity contribution is 7.15. The number of nitrogens with one attached hydrogen (secondary N) is 3. The number of benzene rings is 2. The van der Waals surface area contributed by atoms with E-state index >= 15 is 0 Å². The molecule has 0 bridgehead atoms. The molecule has 2 heterocycles. The molecule has 0 unspecified atom stereocenters. The lowest BCUT2D eigenvalue weighted by Crippen LogP contribution is -2.13. The van der Waals surface area contributed by atoms with Crippen molar-refractivity contribution in [3.05, 3.63) is 77.8 Å². The van der Waals surface area contributed by atoms with Crippen molar-refractivity contribution in [2.45, 2.75) is 6.42 Å². The summed E-state index contributed by atoms with van der Waals surface area (Å²) >= 11 is 1.30. The van der Waals surface area contributed by atoms with E-state index < -0.39 is 5.82 Å². The van der Waals surface area contributed by atoms with Crippen LogP contribution in [0.25, 0.3) is 0 Å². The molecule has 0 radical (unpaired) electrons. The van der Waals surface area contributed by atoms with Crippen LogP contribution in [0.2, 0.25) is 0 Å². The number of nitrogens with zero attached hydrogens (tertiary/aromatic N) is 4. The van der Waals surface area contributed by atoms with E-state index in [9.17, 15) is 9.18 Å². The van der Waals surface area contributed by atoms with Gasteiger partial charge < -0.3 is 10.6 Å². The van der Waals surface area contributed by atoms with Crippen LogP contribution in [0.1, 0.15) is 4.88 Å². The van der Waals surface area contributed by atoms with Crippen LogP contribution in [-0.4, -0.2) is 25.8 Å². The quantitative estimate of drug-likeness (QED) is 0.412. The third-order valence-electron chi connectivity index (χ3n) is 3.82. The van der Waals surface area contributed by atoms with E-state index in [-0.39, 0.29) is 12.3 Å². The Balaban J connectivity index is 1.36. The molecule has 2 aromatic heterocycles. The van der Waals surface area contributed by atoms with Crippen LogP contribution in [0.3, 0.4) is 0 Å². The van der Waals surface area contributed by atoms with E-state index in [2.05, 4.69) is 35.9 Å². The van der Waals surface area contributed by atoms with Crippen LogP contribution >= 0.6 is 11.3 Å². The minimum Gasteiger partial charge on any atom is -0.326 e. The first-order valence-corrected chi connectivity index (χ1v) is 9.74. The molecule has 8 nitrogen and oxygen atoms in total. The lowest BCUT2D eigenvalue weighted by molar-refractivity contribution is -0.115. The third-order valence-corrected chi connectivity index (χ3v) is 4.73. The summed E-state index contributed by atoms with van der Waals surface area (Å²) < 4.78 is 13.2. The van der Waals surface area contributed by atoms with Crippen molar-refractivity contribution < 1.29 is 9.18 Å². The number of anilines is 5. The fourth-order valence-electron chi connectivity index (χ4n) is 2.54. The van der Waals surface area contributed by atoms with Gasteiger partial charge in [-0.05, 0) is 30.3 Å². The van der Waals surface area contributed by atoms with Crippen molar-refractivity contribution in [3.63, 3.8) is 0 Å². The second-order valence-electron chi connectivity index (χ2n) is 6.12. The normalized spacial score (nSPS) is 10.4. The van der Waals surface area contributed by atoms with Crippen LogP contribution in [0.4, 0.5) is 32.8 Å². The van der Waals surface area contributed by atoms with Gasteiger partial charge in [0.05, 0.1) is 6.42 Å². The summed E-state index contributed by atoms with van der Waals surface area (Å²) in [7, 11) is 0. The minimum atomic E-state index is -0.407. The smallest absolute Gasteiger partial charge is 0.233 e. The first-order valence-electron chi connectivity index (χ1n) is 8.92. The molecule has 0 fully saturated rings. The van der Waals surface area contributed by atoms with E-state index in [4.69, 9.17) is 0 Å². The van der Waals surface area contributed by atoms with Gasteiger partial charge in [-0.3, -0.25) is 10.1 Å². The molecule has 150 valence electrons. The Hall–Kier alpha value is -3.92. The van der Waals surface area contributed by atoms with Gasteiger partial charge in [-0.2, -0.15) is 4.98 Å². The molecule has 30 heavy (non-hydrogen) atoms. The van der Waals surface area contributed by atoms with Gasteiger partial charge in [-0.1, -0.05) is 24.3 Å². The first-order chi connectivity index (χ1) is 14.6. The largest absolute Gasteiger partial charge is 0.326 e. The zero-order valence-electron chi connectivity index (χ0n) is 15.5. The monoisotopic (exact) mass is 421 g/mol. The van der Waals surface area contributed by atoms with E-state index in [0.29, 0.717) is 22.7 Å². The van der Waals surface area contributed by atoms with Gasteiger partial charge in [0, 0.05) is 22.4 Å². The number of aromatic nitrogens is 4. The average Bonchev–Trinajstić information content (AvgIpc) is 3.15. The summed E-state index contributed by atoms with van der Waals surface area (Å²) in [6, 6.07) is 15.3. The summed E-state index contributed by atoms with van der Waals surface area (Å²) in [6.45, 7) is 0. The summed E-state index contributed by atoms with van der Waals surface area (Å²) in [5.41, 5.74) is 1.27. The standard InChI is InChI=1S/C20H16FN7OS/c21-13-5-4-8-15(9-13)25-17(29)10-16-11-22-20(30-16)28-19-24-12-23-18(27-19)26-14-6-2-1-3-7-14/h1-9,11-12H,10H2,(H,25,29)(H2,22,23,24,26,27,28). The molecule has 3 N–H and O–H groups in total. The fraction of sp³-hybridized carbons (Fsp3) is 0.0500. The Morgan fingerprint density at radius 1 is 0.933 bits per heavy atom. The molecule has 4 aromatic rings. The Kier molecular flexibility index (Phi) is 5.85. The molecule has 0 aliphatic heterocycles. The Morgan fingerprint density at radius 3 is 2.50 bits per heavy atom. The minimum absolute atomic E-state index is 0.119. The number of amides is 1. The molecule has 0 aliphatic carbocycles. The number of hydrogen-bond donors (Lipinski definition) is 3. The fourth-order valence-corrected chi connectivity index (χ4v) is 3.34. The molecule has 4 rings (SSSR count). The zero-order valence-corrected chi connectivity index (χ0v) is 16.4. The second kappa shape index (κ2) is 9.05. The number of hydrogen-bond acceptors (Lipinski definition) is 8. The van der Waals surface area contributed by atoms with Gasteiger partial charge in [0.1, 0.15) is 12.1 Å². The van der Waals surface area contributed by atoms with Gasteiger partial charge in [0.25, 0.3) is 0 Å². The lowest BCUT2D eigenvalue weighted by Gasteiger charge is -2.05. The van der Waals surface area contributed by atoms with Crippen molar-refractivity contribution >= 4 is 45.6 Å². The maximum Gasteiger partial charge on any atom is 0.233 e. The SMILES string of the molecule is O=C(Cc1cnc(Nc2ncnc(Nc3ccccc3)n2)s1)Nc1cccc(F)c1. The second-order valence-corrected chi connectivity index (χ2v) is 7.23. The Morgan fingerprint density at radius 2 is 1.70 bits per heavy atom. The van der Waals surface area contributed by atoms with Crippen molar-refractivity contribution in [2.24, 2.45) is 0 Å². The van der Waals surface area contributed by atoms with E-state index in [1.54, 1.807) is 12.3 Å². The molecule has 0 spiro atoms. The van der Waals surface area contributed by atoms with Crippen LogP contribution in [0, 0.1) is 5.82 Å². The van der Waals surface area contributed by atoms with E-state index in [1.165, 1.54) is 35.9 Å². The molecule has 0 saturated carbocycles. The van der Waals surface area contributed by atoms with Gasteiger partial charge in [0.2, 0.25) is 17.8 Å². The number of carbonyl (C=O) groups excluding carboxylic acids is 1. The topological polar surface area (TPSA) is 105 Å². The summed E-state index contributed by atoms with van der Waals surface area (Å²) in [5.74, 6) is 0.0550. The molecule has 0 aliphatic rings. The van der Waals surface area contributed by atoms with Crippen LogP contribution in [0.15, 0.2) is 67.1 Å². The molecule has 2 aromatic carbocycles. The van der Waals surface area contributed by atoms with Crippen molar-refractivity contribution in [2.75, 3.05) is 16.0 Å². The highest BCUT2D eigenvalue weighted by Crippen LogP contribution is 2.22. The zero-order chi connectivity index (χ0) is 20.8. The molecule has 1 amide bonds. The van der Waals surface area contributed by atoms with Crippen molar-refractivity contribution in [1.82, 2.24) is 19.9 Å². The van der Waals surface area contributed by atoms with Crippen molar-refractivity contribution in [3.8, 4) is 0 Å². The summed E-state index contributed by atoms with van der Waals surface area (Å²) in [5, 5.41) is 9.30.